The van der Waals surface area contributed by atoms with Crippen LogP contribution in [0, 0.1) is 29.1 Å². The van der Waals surface area contributed by atoms with E-state index in [4.69, 9.17) is 9.05 Å². The quantitative estimate of drug-likeness (QED) is 0.218. The van der Waals surface area contributed by atoms with Crippen LogP contribution in [0.4, 0.5) is 22.0 Å². The first-order valence-corrected chi connectivity index (χ1v) is 8.84. The van der Waals surface area contributed by atoms with Gasteiger partial charge in [-0.1, -0.05) is 0 Å². The van der Waals surface area contributed by atoms with Crippen LogP contribution >= 0.6 is 7.60 Å². The molecule has 1 aromatic carbocycles. The SMILES string of the molecule is CCOC(=O)C(c1c(F)c(F)c(F)c(F)c1F)P(=O)(OCC)OCC. The van der Waals surface area contributed by atoms with E-state index in [0.717, 1.165) is 0 Å². The Morgan fingerprint density at radius 2 is 1.24 bits per heavy atom. The summed E-state index contributed by atoms with van der Waals surface area (Å²) in [5.41, 5.74) is -4.10. The molecule has 0 bridgehead atoms. The van der Waals surface area contributed by atoms with Crippen molar-refractivity contribution in [2.24, 2.45) is 0 Å². The number of hydrogen-bond acceptors (Lipinski definition) is 5. The number of carbonyl (C=O) groups excluding carboxylic acids is 1. The Kier molecular flexibility index (Phi) is 7.52. The highest BCUT2D eigenvalue weighted by atomic mass is 31.2. The first-order chi connectivity index (χ1) is 11.7. The van der Waals surface area contributed by atoms with Crippen LogP contribution in [0.5, 0.6) is 0 Å². The lowest BCUT2D eigenvalue weighted by atomic mass is 10.1. The monoisotopic (exact) mass is 390 g/mol. The van der Waals surface area contributed by atoms with E-state index in [-0.39, 0.29) is 19.8 Å². The predicted octanol–water partition coefficient (Wildman–Crippen LogP) is 4.25. The van der Waals surface area contributed by atoms with Crippen molar-refractivity contribution in [2.75, 3.05) is 19.8 Å². The first-order valence-electron chi connectivity index (χ1n) is 7.22. The molecule has 1 rings (SSSR count). The van der Waals surface area contributed by atoms with Gasteiger partial charge in [0.25, 0.3) is 0 Å². The number of carbonyl (C=O) groups is 1. The molecule has 0 saturated carbocycles. The number of benzene rings is 1. The molecule has 11 heteroatoms. The minimum absolute atomic E-state index is 0.303. The Balaban J connectivity index is 3.76. The van der Waals surface area contributed by atoms with E-state index < -0.39 is 53.9 Å². The summed E-state index contributed by atoms with van der Waals surface area (Å²) < 4.78 is 95.5. The van der Waals surface area contributed by atoms with Gasteiger partial charge in [0.1, 0.15) is 0 Å². The maximum Gasteiger partial charge on any atom is 0.349 e. The topological polar surface area (TPSA) is 61.8 Å². The molecule has 25 heavy (non-hydrogen) atoms. The van der Waals surface area contributed by atoms with Crippen LogP contribution < -0.4 is 0 Å². The van der Waals surface area contributed by atoms with E-state index in [1.165, 1.54) is 20.8 Å². The van der Waals surface area contributed by atoms with Gasteiger partial charge < -0.3 is 13.8 Å². The lowest BCUT2D eigenvalue weighted by molar-refractivity contribution is -0.143. The van der Waals surface area contributed by atoms with Gasteiger partial charge in [-0.05, 0) is 20.8 Å². The summed E-state index contributed by atoms with van der Waals surface area (Å²) in [6, 6.07) is 0. The molecule has 0 aliphatic rings. The minimum atomic E-state index is -4.66. The first kappa shape index (κ1) is 21.5. The summed E-state index contributed by atoms with van der Waals surface area (Å²) in [4.78, 5) is 12.1. The zero-order valence-corrected chi connectivity index (χ0v) is 14.5. The molecule has 0 radical (unpaired) electrons. The molecule has 5 nitrogen and oxygen atoms in total. The molecule has 0 heterocycles. The van der Waals surface area contributed by atoms with E-state index in [1.807, 2.05) is 0 Å². The van der Waals surface area contributed by atoms with Crippen LogP contribution in [0.2, 0.25) is 0 Å². The molecule has 1 aromatic rings. The van der Waals surface area contributed by atoms with E-state index in [9.17, 15) is 31.3 Å². The molecule has 0 aromatic heterocycles. The van der Waals surface area contributed by atoms with Crippen molar-refractivity contribution >= 4 is 13.6 Å². The van der Waals surface area contributed by atoms with Gasteiger partial charge >= 0.3 is 13.6 Å². The molecule has 0 spiro atoms. The van der Waals surface area contributed by atoms with Gasteiger partial charge in [0, 0.05) is 0 Å². The standard InChI is InChI=1S/C14H16F5O5P/c1-4-22-14(20)13(25(21,23-5-2)24-6-3)7-8(15)10(17)12(19)11(18)9(7)16/h13H,4-6H2,1-3H3. The van der Waals surface area contributed by atoms with E-state index in [1.54, 1.807) is 0 Å². The van der Waals surface area contributed by atoms with Gasteiger partial charge in [-0.3, -0.25) is 9.36 Å². The fourth-order valence-electron chi connectivity index (χ4n) is 2.03. The van der Waals surface area contributed by atoms with Crippen molar-refractivity contribution < 1.29 is 45.1 Å². The molecule has 0 aliphatic carbocycles. The second-order valence-corrected chi connectivity index (χ2v) is 6.63. The van der Waals surface area contributed by atoms with Crippen molar-refractivity contribution in [1.29, 1.82) is 0 Å². The van der Waals surface area contributed by atoms with Gasteiger partial charge in [0.2, 0.25) is 5.82 Å². The zero-order chi connectivity index (χ0) is 19.4. The van der Waals surface area contributed by atoms with Crippen molar-refractivity contribution in [3.05, 3.63) is 34.6 Å². The number of ether oxygens (including phenoxy) is 1. The lowest BCUT2D eigenvalue weighted by Gasteiger charge is -2.25. The summed E-state index contributed by atoms with van der Waals surface area (Å²) in [6.45, 7) is 3.08. The highest BCUT2D eigenvalue weighted by Crippen LogP contribution is 2.62. The average Bonchev–Trinajstić information content (AvgIpc) is 2.55. The molecule has 0 amide bonds. The number of halogens is 5. The van der Waals surface area contributed by atoms with E-state index in [2.05, 4.69) is 4.74 Å². The third kappa shape index (κ3) is 4.19. The largest absolute Gasteiger partial charge is 0.465 e. The number of rotatable bonds is 8. The van der Waals surface area contributed by atoms with Crippen LogP contribution in [0.15, 0.2) is 0 Å². The summed E-state index contributed by atoms with van der Waals surface area (Å²) in [5, 5.41) is 0. The minimum Gasteiger partial charge on any atom is -0.465 e. The van der Waals surface area contributed by atoms with Crippen molar-refractivity contribution in [3.63, 3.8) is 0 Å². The van der Waals surface area contributed by atoms with Gasteiger partial charge in [-0.25, -0.2) is 22.0 Å². The van der Waals surface area contributed by atoms with Crippen LogP contribution in [0.1, 0.15) is 32.0 Å². The molecule has 1 unspecified atom stereocenters. The smallest absolute Gasteiger partial charge is 0.349 e. The summed E-state index contributed by atoms with van der Waals surface area (Å²) in [7, 11) is -4.66. The molecule has 0 saturated heterocycles. The van der Waals surface area contributed by atoms with Crippen LogP contribution in [-0.2, 0) is 23.1 Å². The Morgan fingerprint density at radius 3 is 1.60 bits per heavy atom. The maximum absolute atomic E-state index is 14.1. The Bertz CT molecular complexity index is 658. The molecule has 1 atom stereocenters. The zero-order valence-electron chi connectivity index (χ0n) is 13.6. The van der Waals surface area contributed by atoms with Crippen molar-refractivity contribution in [1.82, 2.24) is 0 Å². The third-order valence-corrected chi connectivity index (χ3v) is 5.30. The number of hydrogen-bond donors (Lipinski definition) is 0. The molecular formula is C14H16F5O5P. The van der Waals surface area contributed by atoms with Crippen LogP contribution in [-0.4, -0.2) is 25.8 Å². The fourth-order valence-corrected chi connectivity index (χ4v) is 4.00. The summed E-state index contributed by atoms with van der Waals surface area (Å²) in [5.74, 6) is -13.1. The molecule has 0 aliphatic heterocycles. The van der Waals surface area contributed by atoms with Gasteiger partial charge in [0.15, 0.2) is 28.9 Å². The average molecular weight is 390 g/mol. The lowest BCUT2D eigenvalue weighted by Crippen LogP contribution is -2.23. The van der Waals surface area contributed by atoms with Gasteiger partial charge in [-0.2, -0.15) is 0 Å². The van der Waals surface area contributed by atoms with Crippen LogP contribution in [0.3, 0.4) is 0 Å². The Labute approximate surface area is 140 Å². The second kappa shape index (κ2) is 8.73. The third-order valence-electron chi connectivity index (χ3n) is 2.96. The van der Waals surface area contributed by atoms with Crippen LogP contribution in [0.25, 0.3) is 0 Å². The van der Waals surface area contributed by atoms with Crippen molar-refractivity contribution in [3.8, 4) is 0 Å². The molecular weight excluding hydrogens is 374 g/mol. The van der Waals surface area contributed by atoms with Gasteiger partial charge in [-0.15, -0.1) is 0 Å². The highest BCUT2D eigenvalue weighted by Gasteiger charge is 2.48. The highest BCUT2D eigenvalue weighted by molar-refractivity contribution is 7.55. The Hall–Kier alpha value is -1.51. The number of esters is 1. The van der Waals surface area contributed by atoms with E-state index in [0.29, 0.717) is 0 Å². The van der Waals surface area contributed by atoms with E-state index >= 15 is 0 Å². The summed E-state index contributed by atoms with van der Waals surface area (Å²) >= 11 is 0. The second-order valence-electron chi connectivity index (χ2n) is 4.51. The van der Waals surface area contributed by atoms with Gasteiger partial charge in [0.05, 0.1) is 25.4 Å². The normalized spacial score (nSPS) is 13.0. The Morgan fingerprint density at radius 1 is 0.840 bits per heavy atom. The molecule has 142 valence electrons. The van der Waals surface area contributed by atoms with Crippen molar-refractivity contribution in [2.45, 2.75) is 26.4 Å². The maximum atomic E-state index is 14.1. The predicted molar refractivity (Wildman–Crippen MR) is 76.5 cm³/mol. The molecule has 0 N–H and O–H groups in total. The fraction of sp³-hybridized carbons (Fsp3) is 0.500. The molecule has 0 fully saturated rings. The summed E-state index contributed by atoms with van der Waals surface area (Å²) in [6.07, 6.45) is 0.